The van der Waals surface area contributed by atoms with Crippen LogP contribution in [-0.4, -0.2) is 30.1 Å². The van der Waals surface area contributed by atoms with Gasteiger partial charge in [0.15, 0.2) is 11.5 Å². The average molecular weight is 471 g/mol. The van der Waals surface area contributed by atoms with Crippen molar-refractivity contribution in [2.75, 3.05) is 20.3 Å². The zero-order valence-electron chi connectivity index (χ0n) is 20.3. The van der Waals surface area contributed by atoms with Gasteiger partial charge in [0.25, 0.3) is 0 Å². The Labute approximate surface area is 205 Å². The number of nitrogens with one attached hydrogen (secondary N) is 1. The van der Waals surface area contributed by atoms with Crippen molar-refractivity contribution in [1.82, 2.24) is 9.88 Å². The minimum Gasteiger partial charge on any atom is -0.493 e. The third-order valence-corrected chi connectivity index (χ3v) is 7.61. The molecule has 5 heteroatoms. The second kappa shape index (κ2) is 9.04. The van der Waals surface area contributed by atoms with E-state index in [4.69, 9.17) is 9.47 Å². The highest BCUT2D eigenvalue weighted by atomic mass is 19.1. The highest BCUT2D eigenvalue weighted by Gasteiger charge is 2.41. The lowest BCUT2D eigenvalue weighted by Gasteiger charge is -2.46. The number of hydrogen-bond donors (Lipinski definition) is 1. The molecule has 0 spiro atoms. The number of nitrogens with zero attached hydrogens (tertiary/aromatic N) is 1. The van der Waals surface area contributed by atoms with Gasteiger partial charge < -0.3 is 14.5 Å². The van der Waals surface area contributed by atoms with Crippen molar-refractivity contribution in [3.63, 3.8) is 0 Å². The summed E-state index contributed by atoms with van der Waals surface area (Å²) >= 11 is 0. The van der Waals surface area contributed by atoms with Crippen LogP contribution in [0.4, 0.5) is 4.39 Å². The van der Waals surface area contributed by atoms with E-state index in [9.17, 15) is 4.39 Å². The molecule has 35 heavy (non-hydrogen) atoms. The number of para-hydroxylation sites is 1. The molecule has 0 radical (unpaired) electrons. The first-order chi connectivity index (χ1) is 17.2. The molecule has 0 aliphatic carbocycles. The van der Waals surface area contributed by atoms with E-state index in [2.05, 4.69) is 53.2 Å². The van der Waals surface area contributed by atoms with Gasteiger partial charge in [-0.1, -0.05) is 43.7 Å². The van der Waals surface area contributed by atoms with Crippen LogP contribution in [0.15, 0.2) is 60.7 Å². The molecule has 6 rings (SSSR count). The average Bonchev–Trinajstić information content (AvgIpc) is 3.26. The first-order valence-electron chi connectivity index (χ1n) is 12.6. The Morgan fingerprint density at radius 1 is 1.06 bits per heavy atom. The standard InChI is InChI=1S/C30H31FN2O2/c1-3-4-15-35-28-16-20-13-14-33-26(23(20)18-27(28)34-2)17-24-22-7-5-6-8-25(22)32-29(24)30(33)19-9-11-21(31)12-10-19/h5-12,16,18,26,30,32H,3-4,13-15,17H2,1-2H3. The second-order valence-corrected chi connectivity index (χ2v) is 9.63. The predicted octanol–water partition coefficient (Wildman–Crippen LogP) is 6.74. The highest BCUT2D eigenvalue weighted by Crippen LogP contribution is 2.49. The van der Waals surface area contributed by atoms with Gasteiger partial charge in [-0.2, -0.15) is 0 Å². The normalized spacial score (nSPS) is 19.2. The van der Waals surface area contributed by atoms with Gasteiger partial charge in [0.05, 0.1) is 19.8 Å². The molecule has 4 nitrogen and oxygen atoms in total. The van der Waals surface area contributed by atoms with Crippen molar-refractivity contribution in [2.24, 2.45) is 0 Å². The Bertz CT molecular complexity index is 1360. The molecule has 2 aliphatic heterocycles. The lowest BCUT2D eigenvalue weighted by molar-refractivity contribution is 0.127. The smallest absolute Gasteiger partial charge is 0.161 e. The van der Waals surface area contributed by atoms with E-state index in [1.165, 1.54) is 27.8 Å². The first kappa shape index (κ1) is 22.2. The van der Waals surface area contributed by atoms with Crippen molar-refractivity contribution in [1.29, 1.82) is 0 Å². The maximum atomic E-state index is 13.8. The van der Waals surface area contributed by atoms with Crippen molar-refractivity contribution in [2.45, 2.75) is 44.7 Å². The van der Waals surface area contributed by atoms with E-state index in [0.29, 0.717) is 6.61 Å². The van der Waals surface area contributed by atoms with Gasteiger partial charge in [-0.25, -0.2) is 4.39 Å². The Kier molecular flexibility index (Phi) is 5.73. The number of methoxy groups -OCH3 is 1. The number of halogens is 1. The zero-order chi connectivity index (χ0) is 23.9. The van der Waals surface area contributed by atoms with Gasteiger partial charge >= 0.3 is 0 Å². The van der Waals surface area contributed by atoms with E-state index in [-0.39, 0.29) is 17.9 Å². The van der Waals surface area contributed by atoms with Crippen LogP contribution in [0.5, 0.6) is 11.5 Å². The van der Waals surface area contributed by atoms with E-state index in [0.717, 1.165) is 54.8 Å². The van der Waals surface area contributed by atoms with Crippen molar-refractivity contribution in [3.05, 3.63) is 94.4 Å². The molecule has 0 saturated heterocycles. The molecular formula is C30H31FN2O2. The Morgan fingerprint density at radius 2 is 1.89 bits per heavy atom. The summed E-state index contributed by atoms with van der Waals surface area (Å²) < 4.78 is 25.7. The Hall–Kier alpha value is -3.31. The summed E-state index contributed by atoms with van der Waals surface area (Å²) in [6, 6.07) is 20.2. The summed E-state index contributed by atoms with van der Waals surface area (Å²) in [5, 5.41) is 1.27. The van der Waals surface area contributed by atoms with Crippen LogP contribution in [-0.2, 0) is 12.8 Å². The van der Waals surface area contributed by atoms with Crippen LogP contribution in [0.25, 0.3) is 10.9 Å². The number of rotatable bonds is 6. The first-order valence-corrected chi connectivity index (χ1v) is 12.6. The van der Waals surface area contributed by atoms with Gasteiger partial charge in [0, 0.05) is 29.2 Å². The third-order valence-electron chi connectivity index (χ3n) is 7.61. The number of fused-ring (bicyclic) bond motifs is 6. The van der Waals surface area contributed by atoms with Crippen LogP contribution >= 0.6 is 0 Å². The molecule has 0 bridgehead atoms. The van der Waals surface area contributed by atoms with Crippen LogP contribution in [0.3, 0.4) is 0 Å². The zero-order valence-corrected chi connectivity index (χ0v) is 20.3. The van der Waals surface area contributed by atoms with E-state index < -0.39 is 0 Å². The van der Waals surface area contributed by atoms with Crippen LogP contribution < -0.4 is 9.47 Å². The maximum absolute atomic E-state index is 13.8. The number of ether oxygens (including phenoxy) is 2. The summed E-state index contributed by atoms with van der Waals surface area (Å²) in [6.07, 6.45) is 3.98. The van der Waals surface area contributed by atoms with Gasteiger partial charge in [-0.05, 0) is 71.8 Å². The van der Waals surface area contributed by atoms with Crippen LogP contribution in [0, 0.1) is 5.82 Å². The van der Waals surface area contributed by atoms with Crippen molar-refractivity contribution >= 4 is 10.9 Å². The maximum Gasteiger partial charge on any atom is 0.161 e. The molecule has 1 N–H and O–H groups in total. The Balaban J connectivity index is 1.48. The van der Waals surface area contributed by atoms with Gasteiger partial charge in [0.2, 0.25) is 0 Å². The summed E-state index contributed by atoms with van der Waals surface area (Å²) in [4.78, 5) is 6.29. The van der Waals surface area contributed by atoms with Crippen LogP contribution in [0.1, 0.15) is 59.8 Å². The van der Waals surface area contributed by atoms with Crippen LogP contribution in [0.2, 0.25) is 0 Å². The minimum absolute atomic E-state index is 0.0383. The summed E-state index contributed by atoms with van der Waals surface area (Å²) in [5.74, 6) is 1.43. The number of H-pyrrole nitrogens is 1. The molecule has 0 amide bonds. The SMILES string of the molecule is CCCCOc1cc2c(cc1OC)C1Cc3c([nH]c4ccccc34)C(c3ccc(F)cc3)N1CC2. The summed E-state index contributed by atoms with van der Waals surface area (Å²) in [6.45, 7) is 3.80. The molecule has 180 valence electrons. The number of unbranched alkanes of at least 4 members (excludes halogenated alkanes) is 1. The Morgan fingerprint density at radius 3 is 2.69 bits per heavy atom. The topological polar surface area (TPSA) is 37.5 Å². The number of benzene rings is 3. The largest absolute Gasteiger partial charge is 0.493 e. The molecular weight excluding hydrogens is 439 g/mol. The van der Waals surface area contributed by atoms with Gasteiger partial charge in [0.1, 0.15) is 5.82 Å². The number of aromatic nitrogens is 1. The van der Waals surface area contributed by atoms with Gasteiger partial charge in [-0.15, -0.1) is 0 Å². The quantitative estimate of drug-likeness (QED) is 0.317. The van der Waals surface area contributed by atoms with Crippen molar-refractivity contribution in [3.8, 4) is 11.5 Å². The fourth-order valence-corrected chi connectivity index (χ4v) is 5.90. The molecule has 2 atom stereocenters. The van der Waals surface area contributed by atoms with E-state index >= 15 is 0 Å². The number of aromatic amines is 1. The molecule has 0 fully saturated rings. The minimum atomic E-state index is -0.206. The fourth-order valence-electron chi connectivity index (χ4n) is 5.90. The van der Waals surface area contributed by atoms with Gasteiger partial charge in [-0.3, -0.25) is 4.90 Å². The van der Waals surface area contributed by atoms with E-state index in [1.54, 1.807) is 19.2 Å². The lowest BCUT2D eigenvalue weighted by atomic mass is 9.80. The molecule has 1 aromatic heterocycles. The second-order valence-electron chi connectivity index (χ2n) is 9.63. The molecule has 4 aromatic rings. The fraction of sp³-hybridized carbons (Fsp3) is 0.333. The molecule has 2 aliphatic rings. The number of hydrogen-bond acceptors (Lipinski definition) is 3. The molecule has 2 unspecified atom stereocenters. The monoisotopic (exact) mass is 470 g/mol. The summed E-state index contributed by atoms with van der Waals surface area (Å²) in [5.41, 5.74) is 7.48. The summed E-state index contributed by atoms with van der Waals surface area (Å²) in [7, 11) is 1.72. The van der Waals surface area contributed by atoms with Crippen molar-refractivity contribution < 1.29 is 13.9 Å². The lowest BCUT2D eigenvalue weighted by Crippen LogP contribution is -2.43. The molecule has 3 aromatic carbocycles. The molecule has 0 saturated carbocycles. The molecule has 3 heterocycles. The predicted molar refractivity (Wildman–Crippen MR) is 137 cm³/mol. The van der Waals surface area contributed by atoms with E-state index in [1.807, 2.05) is 12.1 Å². The third kappa shape index (κ3) is 3.79. The highest BCUT2D eigenvalue weighted by molar-refractivity contribution is 5.85.